The SMILES string of the molecule is CCCNC(=O)CNC(=O)Nc1ccccc1OCCN(CC)CC. The second-order valence-electron chi connectivity index (χ2n) is 5.53. The van der Waals surface area contributed by atoms with Crippen molar-refractivity contribution in [2.24, 2.45) is 0 Å². The smallest absolute Gasteiger partial charge is 0.319 e. The fourth-order valence-corrected chi connectivity index (χ4v) is 2.17. The minimum Gasteiger partial charge on any atom is -0.490 e. The zero-order chi connectivity index (χ0) is 18.5. The van der Waals surface area contributed by atoms with Crippen LogP contribution in [0.4, 0.5) is 10.5 Å². The third-order valence-corrected chi connectivity index (χ3v) is 3.68. The average Bonchev–Trinajstić information content (AvgIpc) is 2.63. The van der Waals surface area contributed by atoms with Gasteiger partial charge in [-0.1, -0.05) is 32.9 Å². The largest absolute Gasteiger partial charge is 0.490 e. The molecule has 0 saturated carbocycles. The predicted molar refractivity (Wildman–Crippen MR) is 100 cm³/mol. The summed E-state index contributed by atoms with van der Waals surface area (Å²) >= 11 is 0. The van der Waals surface area contributed by atoms with Crippen molar-refractivity contribution >= 4 is 17.6 Å². The summed E-state index contributed by atoms with van der Waals surface area (Å²) in [5.41, 5.74) is 0.577. The summed E-state index contributed by atoms with van der Waals surface area (Å²) in [6, 6.07) is 6.82. The van der Waals surface area contributed by atoms with Crippen molar-refractivity contribution in [3.05, 3.63) is 24.3 Å². The quantitative estimate of drug-likeness (QED) is 0.570. The number of para-hydroxylation sites is 2. The number of amides is 3. The van der Waals surface area contributed by atoms with Gasteiger partial charge in [0, 0.05) is 13.1 Å². The van der Waals surface area contributed by atoms with Gasteiger partial charge in [-0.3, -0.25) is 4.79 Å². The van der Waals surface area contributed by atoms with Gasteiger partial charge in [0.15, 0.2) is 0 Å². The molecule has 0 aliphatic heterocycles. The van der Waals surface area contributed by atoms with Gasteiger partial charge < -0.3 is 25.6 Å². The minimum absolute atomic E-state index is 0.0587. The molecule has 3 amide bonds. The minimum atomic E-state index is -0.438. The third kappa shape index (κ3) is 8.39. The monoisotopic (exact) mass is 350 g/mol. The van der Waals surface area contributed by atoms with E-state index in [1.807, 2.05) is 25.1 Å². The van der Waals surface area contributed by atoms with Crippen LogP contribution in [-0.2, 0) is 4.79 Å². The lowest BCUT2D eigenvalue weighted by Gasteiger charge is -2.19. The number of hydrogen-bond acceptors (Lipinski definition) is 4. The van der Waals surface area contributed by atoms with Crippen LogP contribution in [0.2, 0.25) is 0 Å². The Bertz CT molecular complexity index is 533. The molecule has 0 bridgehead atoms. The number of nitrogens with one attached hydrogen (secondary N) is 3. The van der Waals surface area contributed by atoms with Gasteiger partial charge in [0.1, 0.15) is 12.4 Å². The molecule has 0 heterocycles. The van der Waals surface area contributed by atoms with Gasteiger partial charge in [0.2, 0.25) is 5.91 Å². The Labute approximate surface area is 150 Å². The van der Waals surface area contributed by atoms with Gasteiger partial charge in [-0.25, -0.2) is 4.79 Å². The molecule has 0 atom stereocenters. The number of carbonyl (C=O) groups is 2. The number of anilines is 1. The van der Waals surface area contributed by atoms with Gasteiger partial charge in [-0.2, -0.15) is 0 Å². The number of nitrogens with zero attached hydrogens (tertiary/aromatic N) is 1. The molecule has 0 aromatic heterocycles. The zero-order valence-electron chi connectivity index (χ0n) is 15.4. The van der Waals surface area contributed by atoms with Crippen molar-refractivity contribution in [1.29, 1.82) is 0 Å². The lowest BCUT2D eigenvalue weighted by molar-refractivity contribution is -0.120. The van der Waals surface area contributed by atoms with Gasteiger partial charge in [-0.05, 0) is 31.6 Å². The van der Waals surface area contributed by atoms with E-state index in [9.17, 15) is 9.59 Å². The predicted octanol–water partition coefficient (Wildman–Crippen LogP) is 2.05. The molecular formula is C18H30N4O3. The molecule has 0 aliphatic carbocycles. The molecule has 0 spiro atoms. The molecule has 0 saturated heterocycles. The van der Waals surface area contributed by atoms with Crippen LogP contribution in [0, 0.1) is 0 Å². The van der Waals surface area contributed by atoms with E-state index >= 15 is 0 Å². The maximum Gasteiger partial charge on any atom is 0.319 e. The van der Waals surface area contributed by atoms with Crippen LogP contribution in [-0.4, -0.2) is 56.2 Å². The number of likely N-dealkylation sites (N-methyl/N-ethyl adjacent to an activating group) is 1. The molecule has 0 radical (unpaired) electrons. The molecule has 0 aliphatic rings. The maximum absolute atomic E-state index is 12.0. The van der Waals surface area contributed by atoms with Crippen LogP contribution in [0.1, 0.15) is 27.2 Å². The topological polar surface area (TPSA) is 82.7 Å². The Kier molecular flexibility index (Phi) is 10.1. The lowest BCUT2D eigenvalue weighted by Crippen LogP contribution is -2.39. The van der Waals surface area contributed by atoms with Crippen molar-refractivity contribution in [2.45, 2.75) is 27.2 Å². The van der Waals surface area contributed by atoms with Gasteiger partial charge >= 0.3 is 6.03 Å². The molecule has 3 N–H and O–H groups in total. The van der Waals surface area contributed by atoms with Crippen LogP contribution in [0.5, 0.6) is 5.75 Å². The summed E-state index contributed by atoms with van der Waals surface area (Å²) < 4.78 is 5.79. The number of rotatable bonds is 11. The third-order valence-electron chi connectivity index (χ3n) is 3.68. The number of hydrogen-bond donors (Lipinski definition) is 3. The first-order valence-electron chi connectivity index (χ1n) is 8.86. The molecule has 1 aromatic rings. The Morgan fingerprint density at radius 3 is 2.48 bits per heavy atom. The van der Waals surface area contributed by atoms with E-state index in [2.05, 4.69) is 34.7 Å². The average molecular weight is 350 g/mol. The highest BCUT2D eigenvalue weighted by atomic mass is 16.5. The first-order valence-corrected chi connectivity index (χ1v) is 8.86. The molecule has 0 unspecified atom stereocenters. The molecule has 0 fully saturated rings. The fourth-order valence-electron chi connectivity index (χ4n) is 2.17. The Balaban J connectivity index is 2.47. The first kappa shape index (κ1) is 20.8. The molecule has 140 valence electrons. The van der Waals surface area contributed by atoms with Crippen LogP contribution >= 0.6 is 0 Å². The normalized spacial score (nSPS) is 10.4. The van der Waals surface area contributed by atoms with Gasteiger partial charge in [0.25, 0.3) is 0 Å². The maximum atomic E-state index is 12.0. The van der Waals surface area contributed by atoms with Gasteiger partial charge in [-0.15, -0.1) is 0 Å². The number of carbonyl (C=O) groups excluding carboxylic acids is 2. The fraction of sp³-hybridized carbons (Fsp3) is 0.556. The second kappa shape index (κ2) is 12.1. The van der Waals surface area contributed by atoms with E-state index < -0.39 is 6.03 Å². The Morgan fingerprint density at radius 2 is 1.80 bits per heavy atom. The summed E-state index contributed by atoms with van der Waals surface area (Å²) in [5, 5.41) is 7.95. The molecule has 25 heavy (non-hydrogen) atoms. The summed E-state index contributed by atoms with van der Waals surface area (Å²) in [6.07, 6.45) is 0.857. The highest BCUT2D eigenvalue weighted by Crippen LogP contribution is 2.23. The van der Waals surface area contributed by atoms with Crippen LogP contribution in [0.15, 0.2) is 24.3 Å². The van der Waals surface area contributed by atoms with Gasteiger partial charge in [0.05, 0.1) is 12.2 Å². The first-order chi connectivity index (χ1) is 12.1. The molecule has 7 heteroatoms. The van der Waals surface area contributed by atoms with Crippen molar-refractivity contribution in [3.8, 4) is 5.75 Å². The molecular weight excluding hydrogens is 320 g/mol. The lowest BCUT2D eigenvalue weighted by atomic mass is 10.3. The standard InChI is InChI=1S/C18H30N4O3/c1-4-11-19-17(23)14-20-18(24)21-15-9-7-8-10-16(15)25-13-12-22(5-2)6-3/h7-10H,4-6,11-14H2,1-3H3,(H,19,23)(H2,20,21,24). The van der Waals surface area contributed by atoms with Crippen molar-refractivity contribution < 1.29 is 14.3 Å². The zero-order valence-corrected chi connectivity index (χ0v) is 15.4. The Morgan fingerprint density at radius 1 is 1.08 bits per heavy atom. The van der Waals surface area contributed by atoms with Crippen molar-refractivity contribution in [2.75, 3.05) is 44.6 Å². The van der Waals surface area contributed by atoms with E-state index in [0.717, 1.165) is 26.1 Å². The molecule has 1 rings (SSSR count). The molecule has 7 nitrogen and oxygen atoms in total. The van der Waals surface area contributed by atoms with Crippen molar-refractivity contribution in [1.82, 2.24) is 15.5 Å². The Hall–Kier alpha value is -2.28. The summed E-state index contributed by atoms with van der Waals surface area (Å²) in [6.45, 7) is 10.1. The number of urea groups is 1. The molecule has 1 aromatic carbocycles. The van der Waals surface area contributed by atoms with Crippen LogP contribution < -0.4 is 20.7 Å². The summed E-state index contributed by atoms with van der Waals surface area (Å²) in [4.78, 5) is 25.7. The number of benzene rings is 1. The van der Waals surface area contributed by atoms with Crippen molar-refractivity contribution in [3.63, 3.8) is 0 Å². The van der Waals surface area contributed by atoms with E-state index in [1.165, 1.54) is 0 Å². The second-order valence-corrected chi connectivity index (χ2v) is 5.53. The highest BCUT2D eigenvalue weighted by Gasteiger charge is 2.09. The van der Waals surface area contributed by atoms with Crippen LogP contribution in [0.25, 0.3) is 0 Å². The van der Waals surface area contributed by atoms with E-state index in [1.54, 1.807) is 6.07 Å². The number of ether oxygens (including phenoxy) is 1. The summed E-state index contributed by atoms with van der Waals surface area (Å²) in [7, 11) is 0. The summed E-state index contributed by atoms with van der Waals surface area (Å²) in [5.74, 6) is 0.404. The van der Waals surface area contributed by atoms with E-state index in [4.69, 9.17) is 4.74 Å². The van der Waals surface area contributed by atoms with Crippen LogP contribution in [0.3, 0.4) is 0 Å². The van der Waals surface area contributed by atoms with E-state index in [0.29, 0.717) is 24.6 Å². The van der Waals surface area contributed by atoms with E-state index in [-0.39, 0.29) is 12.5 Å². The highest BCUT2D eigenvalue weighted by molar-refractivity contribution is 5.93.